The molecule has 0 unspecified atom stereocenters. The molecule has 2 aliphatic rings. The van der Waals surface area contributed by atoms with E-state index in [1.165, 1.54) is 24.3 Å². The average Bonchev–Trinajstić information content (AvgIpc) is 3.02. The van der Waals surface area contributed by atoms with Gasteiger partial charge in [-0.3, -0.25) is 9.69 Å². The first-order chi connectivity index (χ1) is 21.2. The summed E-state index contributed by atoms with van der Waals surface area (Å²) in [6.45, 7) is 7.56. The number of carbonyl (C=O) groups is 1. The van der Waals surface area contributed by atoms with E-state index in [-0.39, 0.29) is 29.0 Å². The largest absolute Gasteiger partial charge is 0.507 e. The third-order valence-corrected chi connectivity index (χ3v) is 9.13. The molecule has 1 atom stereocenters. The van der Waals surface area contributed by atoms with Crippen molar-refractivity contribution in [3.63, 3.8) is 0 Å². The zero-order valence-electron chi connectivity index (χ0n) is 25.2. The number of nitrogens with two attached hydrogens (primary N) is 1. The summed E-state index contributed by atoms with van der Waals surface area (Å²) in [6, 6.07) is 13.9. The SMILES string of the molecule is CCOc1cccc(F)c1CN1CCN(C(=O)[C@H](N)C2CCN(CCc3cc(Cl)ccc3-c3c(O)cccc3F)CC2)CC1. The van der Waals surface area contributed by atoms with Crippen LogP contribution in [0.3, 0.4) is 0 Å². The molecule has 0 aromatic heterocycles. The summed E-state index contributed by atoms with van der Waals surface area (Å²) in [5.74, 6) is -0.208. The predicted molar refractivity (Wildman–Crippen MR) is 169 cm³/mol. The van der Waals surface area contributed by atoms with E-state index in [1.54, 1.807) is 24.3 Å². The van der Waals surface area contributed by atoms with Crippen molar-refractivity contribution in [3.05, 3.63) is 82.4 Å². The number of likely N-dealkylation sites (tertiary alicyclic amines) is 1. The van der Waals surface area contributed by atoms with Crippen molar-refractivity contribution in [3.8, 4) is 22.6 Å². The monoisotopic (exact) mass is 626 g/mol. The maximum Gasteiger partial charge on any atom is 0.239 e. The van der Waals surface area contributed by atoms with Crippen molar-refractivity contribution in [2.24, 2.45) is 11.7 Å². The lowest BCUT2D eigenvalue weighted by molar-refractivity contribution is -0.136. The number of hydrogen-bond acceptors (Lipinski definition) is 6. The van der Waals surface area contributed by atoms with E-state index >= 15 is 0 Å². The van der Waals surface area contributed by atoms with Gasteiger partial charge >= 0.3 is 0 Å². The Morgan fingerprint density at radius 3 is 2.41 bits per heavy atom. The minimum atomic E-state index is -0.552. The molecular weight excluding hydrogens is 586 g/mol. The first kappa shape index (κ1) is 32.2. The number of rotatable bonds is 10. The highest BCUT2D eigenvalue weighted by molar-refractivity contribution is 6.30. The molecule has 7 nitrogen and oxygen atoms in total. The molecule has 2 fully saturated rings. The molecule has 3 aromatic carbocycles. The number of amides is 1. The van der Waals surface area contributed by atoms with E-state index in [0.717, 1.165) is 38.0 Å². The topological polar surface area (TPSA) is 82.3 Å². The van der Waals surface area contributed by atoms with Gasteiger partial charge in [-0.2, -0.15) is 0 Å². The summed E-state index contributed by atoms with van der Waals surface area (Å²) in [5.41, 5.74) is 8.77. The summed E-state index contributed by atoms with van der Waals surface area (Å²) in [7, 11) is 0. The van der Waals surface area contributed by atoms with Gasteiger partial charge in [-0.1, -0.05) is 29.8 Å². The molecule has 0 saturated carbocycles. The van der Waals surface area contributed by atoms with E-state index in [2.05, 4.69) is 9.80 Å². The van der Waals surface area contributed by atoms with Crippen molar-refractivity contribution < 1.29 is 23.4 Å². The molecule has 10 heteroatoms. The van der Waals surface area contributed by atoms with Crippen molar-refractivity contribution in [2.45, 2.75) is 38.8 Å². The van der Waals surface area contributed by atoms with Gasteiger partial charge in [0.15, 0.2) is 0 Å². The number of ether oxygens (including phenoxy) is 1. The number of phenolic OH excluding ortho intramolecular Hbond substituents is 1. The van der Waals surface area contributed by atoms with Crippen molar-refractivity contribution in [1.29, 1.82) is 0 Å². The van der Waals surface area contributed by atoms with Gasteiger partial charge in [-0.25, -0.2) is 8.78 Å². The van der Waals surface area contributed by atoms with E-state index < -0.39 is 11.9 Å². The fraction of sp³-hybridized carbons (Fsp3) is 0.441. The molecule has 1 amide bonds. The minimum Gasteiger partial charge on any atom is -0.507 e. The normalized spacial score (nSPS) is 17.5. The smallest absolute Gasteiger partial charge is 0.239 e. The summed E-state index contributed by atoms with van der Waals surface area (Å²) in [6.07, 6.45) is 2.27. The number of aromatic hydroxyl groups is 1. The lowest BCUT2D eigenvalue weighted by Crippen LogP contribution is -2.55. The van der Waals surface area contributed by atoms with Gasteiger partial charge in [0.2, 0.25) is 5.91 Å². The van der Waals surface area contributed by atoms with Crippen LogP contribution in [0.1, 0.15) is 30.9 Å². The highest BCUT2D eigenvalue weighted by Gasteiger charge is 2.33. The third-order valence-electron chi connectivity index (χ3n) is 8.89. The predicted octanol–water partition coefficient (Wildman–Crippen LogP) is 5.32. The fourth-order valence-corrected chi connectivity index (χ4v) is 6.55. The Bertz CT molecular complexity index is 1420. The van der Waals surface area contributed by atoms with Gasteiger partial charge in [0.25, 0.3) is 0 Å². The maximum atomic E-state index is 14.6. The summed E-state index contributed by atoms with van der Waals surface area (Å²) >= 11 is 6.28. The van der Waals surface area contributed by atoms with Crippen LogP contribution in [0.5, 0.6) is 11.5 Å². The molecule has 5 rings (SSSR count). The van der Waals surface area contributed by atoms with Crippen LogP contribution in [0, 0.1) is 17.6 Å². The van der Waals surface area contributed by atoms with Gasteiger partial charge in [-0.05, 0) is 92.7 Å². The highest BCUT2D eigenvalue weighted by atomic mass is 35.5. The molecule has 2 heterocycles. The van der Waals surface area contributed by atoms with Gasteiger partial charge < -0.3 is 25.4 Å². The molecule has 236 valence electrons. The van der Waals surface area contributed by atoms with Gasteiger partial charge in [-0.15, -0.1) is 0 Å². The molecule has 2 saturated heterocycles. The Morgan fingerprint density at radius 2 is 1.70 bits per heavy atom. The summed E-state index contributed by atoms with van der Waals surface area (Å²) < 4.78 is 34.8. The number of halogens is 3. The number of carbonyl (C=O) groups excluding carboxylic acids is 1. The van der Waals surface area contributed by atoms with E-state index in [0.29, 0.717) is 67.7 Å². The summed E-state index contributed by atoms with van der Waals surface area (Å²) in [4.78, 5) is 19.7. The fourth-order valence-electron chi connectivity index (χ4n) is 6.35. The Morgan fingerprint density at radius 1 is 1.00 bits per heavy atom. The quantitative estimate of drug-likeness (QED) is 0.317. The Kier molecular flexibility index (Phi) is 10.7. The Labute approximate surface area is 263 Å². The lowest BCUT2D eigenvalue weighted by Gasteiger charge is -2.39. The second-order valence-electron chi connectivity index (χ2n) is 11.6. The van der Waals surface area contributed by atoms with Crippen LogP contribution in [-0.2, 0) is 17.8 Å². The third kappa shape index (κ3) is 7.51. The van der Waals surface area contributed by atoms with E-state index in [9.17, 15) is 18.7 Å². The number of hydrogen-bond donors (Lipinski definition) is 2. The van der Waals surface area contributed by atoms with Gasteiger partial charge in [0.1, 0.15) is 23.1 Å². The Balaban J connectivity index is 1.10. The average molecular weight is 627 g/mol. The molecule has 2 aliphatic heterocycles. The molecule has 0 radical (unpaired) electrons. The van der Waals surface area contributed by atoms with E-state index in [1.807, 2.05) is 17.9 Å². The molecule has 3 N–H and O–H groups in total. The number of piperazine rings is 1. The first-order valence-corrected chi connectivity index (χ1v) is 15.8. The number of piperidine rings is 1. The maximum absolute atomic E-state index is 14.6. The number of benzene rings is 3. The van der Waals surface area contributed by atoms with Crippen LogP contribution in [0.25, 0.3) is 11.1 Å². The van der Waals surface area contributed by atoms with Crippen molar-refractivity contribution in [2.75, 3.05) is 52.4 Å². The van der Waals surface area contributed by atoms with Crippen molar-refractivity contribution >= 4 is 17.5 Å². The molecule has 0 aliphatic carbocycles. The molecule has 0 bridgehead atoms. The lowest BCUT2D eigenvalue weighted by atomic mass is 9.88. The first-order valence-electron chi connectivity index (χ1n) is 15.4. The zero-order valence-corrected chi connectivity index (χ0v) is 25.9. The molecule has 44 heavy (non-hydrogen) atoms. The van der Waals surface area contributed by atoms with Crippen molar-refractivity contribution in [1.82, 2.24) is 14.7 Å². The summed E-state index contributed by atoms with van der Waals surface area (Å²) in [5, 5.41) is 10.9. The van der Waals surface area contributed by atoms with Gasteiger partial charge in [0.05, 0.1) is 18.2 Å². The standard InChI is InChI=1S/C34H41ClF2N4O3/c1-2-44-31-8-4-5-28(36)27(31)22-40-17-19-41(20-18-40)34(43)33(38)23-11-14-39(15-12-23)16-13-24-21-25(35)9-10-26(24)32-29(37)6-3-7-30(32)42/h3-10,21,23,33,42H,2,11-20,22,38H2,1H3/t33-/m1/s1. The van der Waals surface area contributed by atoms with Crippen LogP contribution in [0.4, 0.5) is 8.78 Å². The van der Waals surface area contributed by atoms with Crippen LogP contribution < -0.4 is 10.5 Å². The minimum absolute atomic E-state index is 0.0164. The second kappa shape index (κ2) is 14.7. The second-order valence-corrected chi connectivity index (χ2v) is 12.1. The number of phenols is 1. The van der Waals surface area contributed by atoms with E-state index in [4.69, 9.17) is 22.1 Å². The van der Waals surface area contributed by atoms with Gasteiger partial charge in [0, 0.05) is 49.9 Å². The van der Waals surface area contributed by atoms with Crippen LogP contribution >= 0.6 is 11.6 Å². The highest BCUT2D eigenvalue weighted by Crippen LogP contribution is 2.35. The van der Waals surface area contributed by atoms with Crippen LogP contribution in [-0.4, -0.2) is 84.2 Å². The molecule has 3 aromatic rings. The zero-order chi connectivity index (χ0) is 31.2. The Hall–Kier alpha value is -3.24. The van der Waals surface area contributed by atoms with Crippen LogP contribution in [0.2, 0.25) is 5.02 Å². The number of nitrogens with zero attached hydrogens (tertiary/aromatic N) is 3. The molecule has 0 spiro atoms. The van der Waals surface area contributed by atoms with Crippen LogP contribution in [0.15, 0.2) is 54.6 Å². The molecular formula is C34H41ClF2N4O3.